The number of hydrogen-bond acceptors (Lipinski definition) is 3. The minimum absolute atomic E-state index is 0.0364. The summed E-state index contributed by atoms with van der Waals surface area (Å²) in [6, 6.07) is 11.8. The van der Waals surface area contributed by atoms with E-state index in [4.69, 9.17) is 27.9 Å². The van der Waals surface area contributed by atoms with E-state index in [1.165, 1.54) is 4.90 Å². The van der Waals surface area contributed by atoms with Gasteiger partial charge in [-0.05, 0) is 84.8 Å². The molecule has 8 heteroatoms. The van der Waals surface area contributed by atoms with Crippen LogP contribution < -0.4 is 10.1 Å². The summed E-state index contributed by atoms with van der Waals surface area (Å²) >= 11 is 14.5. The normalized spacial score (nSPS) is 11.8. The lowest BCUT2D eigenvalue weighted by atomic mass is 10.1. The van der Waals surface area contributed by atoms with Crippen molar-refractivity contribution < 1.29 is 14.3 Å². The highest BCUT2D eigenvalue weighted by Crippen LogP contribution is 2.24. The fourth-order valence-corrected chi connectivity index (χ4v) is 3.72. The maximum absolute atomic E-state index is 13.1. The molecule has 0 bridgehead atoms. The Morgan fingerprint density at radius 3 is 2.37 bits per heavy atom. The van der Waals surface area contributed by atoms with Crippen molar-refractivity contribution in [1.82, 2.24) is 10.2 Å². The Morgan fingerprint density at radius 2 is 1.80 bits per heavy atom. The van der Waals surface area contributed by atoms with Crippen molar-refractivity contribution in [3.63, 3.8) is 0 Å². The number of benzene rings is 2. The summed E-state index contributed by atoms with van der Waals surface area (Å²) in [7, 11) is 0. The van der Waals surface area contributed by atoms with Gasteiger partial charge in [-0.25, -0.2) is 0 Å². The molecule has 0 aliphatic rings. The van der Waals surface area contributed by atoms with Gasteiger partial charge in [-0.3, -0.25) is 9.59 Å². The van der Waals surface area contributed by atoms with E-state index in [1.807, 2.05) is 32.9 Å². The van der Waals surface area contributed by atoms with Crippen LogP contribution in [0.5, 0.6) is 5.75 Å². The van der Waals surface area contributed by atoms with Gasteiger partial charge in [-0.15, -0.1) is 0 Å². The Bertz CT molecular complexity index is 875. The monoisotopic (exact) mass is 562 g/mol. The van der Waals surface area contributed by atoms with Gasteiger partial charge in [0, 0.05) is 26.2 Å². The van der Waals surface area contributed by atoms with Crippen LogP contribution in [0.3, 0.4) is 0 Å². The maximum Gasteiger partial charge on any atom is 0.261 e. The highest BCUT2D eigenvalue weighted by molar-refractivity contribution is 14.1. The Labute approximate surface area is 201 Å². The zero-order chi connectivity index (χ0) is 22.3. The molecule has 1 unspecified atom stereocenters. The van der Waals surface area contributed by atoms with Gasteiger partial charge < -0.3 is 15.0 Å². The van der Waals surface area contributed by atoms with E-state index >= 15 is 0 Å². The van der Waals surface area contributed by atoms with Gasteiger partial charge in [0.05, 0.1) is 0 Å². The predicted molar refractivity (Wildman–Crippen MR) is 129 cm³/mol. The molecule has 0 aliphatic heterocycles. The number of amides is 2. The van der Waals surface area contributed by atoms with Gasteiger partial charge in [0.2, 0.25) is 5.91 Å². The average Bonchev–Trinajstić information content (AvgIpc) is 2.68. The molecule has 0 saturated carbocycles. The first-order valence-electron chi connectivity index (χ1n) is 9.63. The van der Waals surface area contributed by atoms with Crippen molar-refractivity contribution in [2.24, 2.45) is 0 Å². The number of ether oxygens (including phenoxy) is 1. The smallest absolute Gasteiger partial charge is 0.261 e. The molecular formula is C22H25Cl2IN2O3. The minimum Gasteiger partial charge on any atom is -0.484 e. The van der Waals surface area contributed by atoms with E-state index in [0.717, 1.165) is 3.57 Å². The van der Waals surface area contributed by atoms with E-state index in [-0.39, 0.29) is 31.0 Å². The molecule has 0 radical (unpaired) electrons. The second-order valence-corrected chi connectivity index (χ2v) is 9.18. The van der Waals surface area contributed by atoms with Crippen molar-refractivity contribution in [2.45, 2.75) is 45.8 Å². The number of rotatable bonds is 9. The second kappa shape index (κ2) is 11.8. The quantitative estimate of drug-likeness (QED) is 0.421. The van der Waals surface area contributed by atoms with E-state index in [0.29, 0.717) is 27.8 Å². The highest BCUT2D eigenvalue weighted by atomic mass is 127. The number of carbonyl (C=O) groups is 2. The van der Waals surface area contributed by atoms with E-state index in [9.17, 15) is 9.59 Å². The molecule has 2 amide bonds. The largest absolute Gasteiger partial charge is 0.484 e. The van der Waals surface area contributed by atoms with Crippen LogP contribution in [0, 0.1) is 3.57 Å². The van der Waals surface area contributed by atoms with Crippen molar-refractivity contribution >= 4 is 57.6 Å². The summed E-state index contributed by atoms with van der Waals surface area (Å²) in [5.74, 6) is 0.0819. The summed E-state index contributed by atoms with van der Waals surface area (Å²) in [6.07, 6.45) is 0.457. The molecule has 1 N–H and O–H groups in total. The summed E-state index contributed by atoms with van der Waals surface area (Å²) in [5, 5.41) is 3.84. The molecule has 0 saturated heterocycles. The van der Waals surface area contributed by atoms with Gasteiger partial charge in [-0.2, -0.15) is 0 Å². The van der Waals surface area contributed by atoms with Gasteiger partial charge in [0.25, 0.3) is 5.91 Å². The molecule has 0 aliphatic carbocycles. The molecule has 162 valence electrons. The number of halogens is 3. The van der Waals surface area contributed by atoms with Gasteiger partial charge in [-0.1, -0.05) is 36.2 Å². The SMILES string of the molecule is CCC(C(=O)NC(C)C)N(Cc1ccc(Cl)cc1Cl)C(=O)COc1ccc(I)cc1. The zero-order valence-electron chi connectivity index (χ0n) is 17.1. The molecule has 0 fully saturated rings. The molecule has 30 heavy (non-hydrogen) atoms. The Balaban J connectivity index is 2.24. The first kappa shape index (κ1) is 24.8. The van der Waals surface area contributed by atoms with Crippen molar-refractivity contribution in [2.75, 3.05) is 6.61 Å². The van der Waals surface area contributed by atoms with Gasteiger partial charge >= 0.3 is 0 Å². The second-order valence-electron chi connectivity index (χ2n) is 7.09. The van der Waals surface area contributed by atoms with Gasteiger partial charge in [0.15, 0.2) is 6.61 Å². The summed E-state index contributed by atoms with van der Waals surface area (Å²) in [6.45, 7) is 5.62. The average molecular weight is 563 g/mol. The van der Waals surface area contributed by atoms with Crippen LogP contribution in [0.1, 0.15) is 32.8 Å². The number of nitrogens with zero attached hydrogens (tertiary/aromatic N) is 1. The third-order valence-electron chi connectivity index (χ3n) is 4.35. The van der Waals surface area contributed by atoms with Crippen LogP contribution >= 0.6 is 45.8 Å². The Kier molecular flexibility index (Phi) is 9.71. The molecule has 0 heterocycles. The van der Waals surface area contributed by atoms with Crippen LogP contribution in [0.25, 0.3) is 0 Å². The van der Waals surface area contributed by atoms with E-state index in [1.54, 1.807) is 30.3 Å². The predicted octanol–water partition coefficient (Wildman–Crippen LogP) is 5.31. The molecule has 2 rings (SSSR count). The van der Waals surface area contributed by atoms with Gasteiger partial charge in [0.1, 0.15) is 11.8 Å². The third-order valence-corrected chi connectivity index (χ3v) is 5.65. The lowest BCUT2D eigenvalue weighted by molar-refractivity contribution is -0.143. The first-order valence-corrected chi connectivity index (χ1v) is 11.5. The van der Waals surface area contributed by atoms with Crippen LogP contribution in [-0.4, -0.2) is 35.4 Å². The number of hydrogen-bond donors (Lipinski definition) is 1. The molecule has 1 atom stereocenters. The summed E-state index contributed by atoms with van der Waals surface area (Å²) < 4.78 is 6.74. The number of nitrogens with one attached hydrogen (secondary N) is 1. The molecule has 0 aromatic heterocycles. The summed E-state index contributed by atoms with van der Waals surface area (Å²) in [4.78, 5) is 27.4. The molecule has 0 spiro atoms. The summed E-state index contributed by atoms with van der Waals surface area (Å²) in [5.41, 5.74) is 0.708. The zero-order valence-corrected chi connectivity index (χ0v) is 20.8. The molecule has 2 aromatic carbocycles. The van der Waals surface area contributed by atoms with Crippen molar-refractivity contribution in [3.8, 4) is 5.75 Å². The van der Waals surface area contributed by atoms with Crippen molar-refractivity contribution in [1.29, 1.82) is 0 Å². The fraction of sp³-hybridized carbons (Fsp3) is 0.364. The van der Waals surface area contributed by atoms with Crippen molar-refractivity contribution in [3.05, 3.63) is 61.6 Å². The Morgan fingerprint density at radius 1 is 1.13 bits per heavy atom. The van der Waals surface area contributed by atoms with Crippen LogP contribution in [0.15, 0.2) is 42.5 Å². The molecular weight excluding hydrogens is 538 g/mol. The Hall–Kier alpha value is -1.51. The van der Waals surface area contributed by atoms with E-state index in [2.05, 4.69) is 27.9 Å². The molecule has 5 nitrogen and oxygen atoms in total. The number of carbonyl (C=O) groups excluding carboxylic acids is 2. The maximum atomic E-state index is 13.1. The lowest BCUT2D eigenvalue weighted by Gasteiger charge is -2.31. The first-order chi connectivity index (χ1) is 14.2. The molecule has 2 aromatic rings. The lowest BCUT2D eigenvalue weighted by Crippen LogP contribution is -2.51. The highest BCUT2D eigenvalue weighted by Gasteiger charge is 2.29. The van der Waals surface area contributed by atoms with Crippen LogP contribution in [0.2, 0.25) is 10.0 Å². The third kappa shape index (κ3) is 7.32. The fourth-order valence-electron chi connectivity index (χ4n) is 2.89. The van der Waals surface area contributed by atoms with Crippen LogP contribution in [0.4, 0.5) is 0 Å². The standard InChI is InChI=1S/C22H25Cl2IN2O3/c1-4-20(22(29)26-14(2)3)27(12-15-5-6-16(23)11-19(15)24)21(28)13-30-18-9-7-17(25)8-10-18/h5-11,14,20H,4,12-13H2,1-3H3,(H,26,29). The van der Waals surface area contributed by atoms with Crippen LogP contribution in [-0.2, 0) is 16.1 Å². The van der Waals surface area contributed by atoms with E-state index < -0.39 is 6.04 Å². The minimum atomic E-state index is -0.646. The topological polar surface area (TPSA) is 58.6 Å².